The number of rotatable bonds is 5. The van der Waals surface area contributed by atoms with Crippen LogP contribution in [0.2, 0.25) is 0 Å². The highest BCUT2D eigenvalue weighted by molar-refractivity contribution is 5.92. The Bertz CT molecular complexity index is 904. The molecule has 2 N–H and O–H groups in total. The Morgan fingerprint density at radius 1 is 1.29 bits per heavy atom. The lowest BCUT2D eigenvalue weighted by atomic mass is 9.90. The minimum atomic E-state index is -5.08. The molecular weight excluding hydrogens is 415 g/mol. The quantitative estimate of drug-likeness (QED) is 0.744. The topological polar surface area (TPSA) is 92.4 Å². The Balaban J connectivity index is 0.000000339. The largest absolute Gasteiger partial charge is 0.490 e. The van der Waals surface area contributed by atoms with Gasteiger partial charge in [0.1, 0.15) is 5.69 Å². The number of alkyl halides is 3. The van der Waals surface area contributed by atoms with Gasteiger partial charge in [-0.05, 0) is 37.5 Å². The third-order valence-electron chi connectivity index (χ3n) is 5.68. The third kappa shape index (κ3) is 5.66. The summed E-state index contributed by atoms with van der Waals surface area (Å²) >= 11 is 0. The van der Waals surface area contributed by atoms with Gasteiger partial charge < -0.3 is 15.0 Å². The number of nitrogens with zero attached hydrogens (tertiary/aromatic N) is 4. The van der Waals surface area contributed by atoms with Gasteiger partial charge in [0, 0.05) is 45.1 Å². The first-order chi connectivity index (χ1) is 14.7. The maximum Gasteiger partial charge on any atom is 0.490 e. The molecule has 1 aliphatic heterocycles. The number of carbonyl (C=O) groups excluding carboxylic acids is 1. The van der Waals surface area contributed by atoms with Crippen molar-refractivity contribution < 1.29 is 27.9 Å². The van der Waals surface area contributed by atoms with Gasteiger partial charge in [-0.1, -0.05) is 6.42 Å². The highest BCUT2D eigenvalue weighted by Crippen LogP contribution is 2.31. The Labute approximate surface area is 177 Å². The second-order valence-electron chi connectivity index (χ2n) is 7.79. The normalized spacial score (nSPS) is 19.0. The number of fused-ring (bicyclic) bond motifs is 1. The molecule has 1 aliphatic carbocycles. The Morgan fingerprint density at radius 3 is 2.55 bits per heavy atom. The standard InChI is InChI=1S/C18H25N5O.C2HF3O2/c1-21-11-3-6-17(21)18(24)19-9-7-15-12-22(14-4-2-5-14)13-16-8-10-20-23(15)16;3-2(4,5)1(6)7/h3,6,8,10-11,14-15H,2,4-5,7,9,12-13H2,1H3,(H,19,24);(H,6,7). The smallest absolute Gasteiger partial charge is 0.475 e. The summed E-state index contributed by atoms with van der Waals surface area (Å²) in [6, 6.07) is 6.95. The predicted molar refractivity (Wildman–Crippen MR) is 105 cm³/mol. The van der Waals surface area contributed by atoms with Crippen molar-refractivity contribution in [2.24, 2.45) is 7.05 Å². The molecule has 1 unspecified atom stereocenters. The van der Waals surface area contributed by atoms with Crippen LogP contribution in [0.1, 0.15) is 47.9 Å². The number of aliphatic carboxylic acids is 1. The molecule has 1 amide bonds. The number of aromatic nitrogens is 3. The Morgan fingerprint density at radius 2 is 2.00 bits per heavy atom. The van der Waals surface area contributed by atoms with E-state index in [-0.39, 0.29) is 5.91 Å². The summed E-state index contributed by atoms with van der Waals surface area (Å²) in [6.45, 7) is 2.72. The molecule has 1 saturated carbocycles. The molecule has 3 heterocycles. The highest BCUT2D eigenvalue weighted by atomic mass is 19.4. The van der Waals surface area contributed by atoms with Crippen molar-refractivity contribution in [3.05, 3.63) is 42.0 Å². The zero-order chi connectivity index (χ0) is 22.6. The number of carbonyl (C=O) groups is 2. The first kappa shape index (κ1) is 22.9. The SMILES string of the molecule is Cn1cccc1C(=O)NCCC1CN(C2CCC2)Cc2ccnn21.O=C(O)C(F)(F)F. The van der Waals surface area contributed by atoms with Crippen molar-refractivity contribution in [2.75, 3.05) is 13.1 Å². The second-order valence-corrected chi connectivity index (χ2v) is 7.79. The molecule has 0 spiro atoms. The molecule has 11 heteroatoms. The van der Waals surface area contributed by atoms with Crippen LogP contribution in [0.15, 0.2) is 30.6 Å². The van der Waals surface area contributed by atoms with E-state index >= 15 is 0 Å². The fourth-order valence-electron chi connectivity index (χ4n) is 3.80. The molecule has 0 saturated heterocycles. The number of amides is 1. The number of carboxylic acids is 1. The van der Waals surface area contributed by atoms with E-state index in [1.165, 1.54) is 25.0 Å². The van der Waals surface area contributed by atoms with Gasteiger partial charge in [0.15, 0.2) is 0 Å². The molecule has 31 heavy (non-hydrogen) atoms. The summed E-state index contributed by atoms with van der Waals surface area (Å²) in [5.41, 5.74) is 2.00. The molecule has 8 nitrogen and oxygen atoms in total. The van der Waals surface area contributed by atoms with Crippen LogP contribution >= 0.6 is 0 Å². The van der Waals surface area contributed by atoms with E-state index in [1.54, 1.807) is 0 Å². The maximum atomic E-state index is 12.2. The van der Waals surface area contributed by atoms with Crippen molar-refractivity contribution in [3.63, 3.8) is 0 Å². The zero-order valence-electron chi connectivity index (χ0n) is 17.2. The molecule has 0 radical (unpaired) electrons. The van der Waals surface area contributed by atoms with Crippen LogP contribution in [0.3, 0.4) is 0 Å². The van der Waals surface area contributed by atoms with Crippen molar-refractivity contribution >= 4 is 11.9 Å². The molecule has 4 rings (SSSR count). The van der Waals surface area contributed by atoms with Gasteiger partial charge >= 0.3 is 12.1 Å². The molecular formula is C20H26F3N5O3. The summed E-state index contributed by atoms with van der Waals surface area (Å²) in [4.78, 5) is 23.7. The molecule has 2 aliphatic rings. The van der Waals surface area contributed by atoms with Crippen LogP contribution in [0.25, 0.3) is 0 Å². The number of hydrogen-bond donors (Lipinski definition) is 2. The lowest BCUT2D eigenvalue weighted by Gasteiger charge is -2.42. The van der Waals surface area contributed by atoms with Crippen LogP contribution in [-0.2, 0) is 18.4 Å². The summed E-state index contributed by atoms with van der Waals surface area (Å²) in [5.74, 6) is -2.76. The van der Waals surface area contributed by atoms with E-state index in [0.29, 0.717) is 18.3 Å². The fraction of sp³-hybridized carbons (Fsp3) is 0.550. The Hall–Kier alpha value is -2.82. The lowest BCUT2D eigenvalue weighted by Crippen LogP contribution is -2.47. The van der Waals surface area contributed by atoms with Crippen LogP contribution in [0.4, 0.5) is 13.2 Å². The van der Waals surface area contributed by atoms with E-state index in [2.05, 4.69) is 26.1 Å². The summed E-state index contributed by atoms with van der Waals surface area (Å²) in [5, 5.41) is 14.7. The minimum absolute atomic E-state index is 0.00477. The molecule has 1 fully saturated rings. The van der Waals surface area contributed by atoms with E-state index in [1.807, 2.05) is 36.1 Å². The van der Waals surface area contributed by atoms with Gasteiger partial charge in [0.05, 0.1) is 11.7 Å². The summed E-state index contributed by atoms with van der Waals surface area (Å²) in [7, 11) is 1.89. The van der Waals surface area contributed by atoms with Crippen LogP contribution in [0, 0.1) is 0 Å². The molecule has 2 aromatic rings. The van der Waals surface area contributed by atoms with E-state index in [4.69, 9.17) is 9.90 Å². The minimum Gasteiger partial charge on any atom is -0.475 e. The van der Waals surface area contributed by atoms with Gasteiger partial charge in [0.25, 0.3) is 5.91 Å². The van der Waals surface area contributed by atoms with E-state index in [9.17, 15) is 18.0 Å². The number of carboxylic acid groups (broad SMARTS) is 1. The van der Waals surface area contributed by atoms with Gasteiger partial charge in [-0.15, -0.1) is 0 Å². The van der Waals surface area contributed by atoms with Gasteiger partial charge in [-0.25, -0.2) is 4.79 Å². The van der Waals surface area contributed by atoms with Gasteiger partial charge in [-0.2, -0.15) is 18.3 Å². The monoisotopic (exact) mass is 441 g/mol. The van der Waals surface area contributed by atoms with Crippen molar-refractivity contribution in [1.82, 2.24) is 24.6 Å². The van der Waals surface area contributed by atoms with Crippen LogP contribution in [-0.4, -0.2) is 61.5 Å². The molecule has 1 atom stereocenters. The van der Waals surface area contributed by atoms with Gasteiger partial charge in [-0.3, -0.25) is 14.4 Å². The lowest BCUT2D eigenvalue weighted by molar-refractivity contribution is -0.192. The van der Waals surface area contributed by atoms with Crippen molar-refractivity contribution in [1.29, 1.82) is 0 Å². The average Bonchev–Trinajstić information content (AvgIpc) is 3.28. The van der Waals surface area contributed by atoms with E-state index < -0.39 is 12.1 Å². The second kappa shape index (κ2) is 9.54. The molecule has 2 aromatic heterocycles. The average molecular weight is 441 g/mol. The van der Waals surface area contributed by atoms with Crippen LogP contribution in [0.5, 0.6) is 0 Å². The zero-order valence-corrected chi connectivity index (χ0v) is 17.2. The molecule has 0 aromatic carbocycles. The number of nitrogens with one attached hydrogen (secondary N) is 1. The third-order valence-corrected chi connectivity index (χ3v) is 5.68. The first-order valence-electron chi connectivity index (χ1n) is 10.1. The summed E-state index contributed by atoms with van der Waals surface area (Å²) in [6.07, 6.45) is 3.62. The summed E-state index contributed by atoms with van der Waals surface area (Å²) < 4.78 is 35.7. The van der Waals surface area contributed by atoms with E-state index in [0.717, 1.165) is 25.6 Å². The maximum absolute atomic E-state index is 12.2. The van der Waals surface area contributed by atoms with Crippen molar-refractivity contribution in [2.45, 2.75) is 50.5 Å². The molecule has 0 bridgehead atoms. The fourth-order valence-corrected chi connectivity index (χ4v) is 3.80. The van der Waals surface area contributed by atoms with Crippen LogP contribution < -0.4 is 5.32 Å². The van der Waals surface area contributed by atoms with Gasteiger partial charge in [0.2, 0.25) is 0 Å². The number of halogens is 3. The Kier molecular flexibility index (Phi) is 7.04. The highest BCUT2D eigenvalue weighted by Gasteiger charge is 2.38. The molecule has 170 valence electrons. The number of hydrogen-bond acceptors (Lipinski definition) is 4. The predicted octanol–water partition coefficient (Wildman–Crippen LogP) is 2.58. The first-order valence-corrected chi connectivity index (χ1v) is 10.1. The number of aryl methyl sites for hydroxylation is 1. The van der Waals surface area contributed by atoms with Crippen molar-refractivity contribution in [3.8, 4) is 0 Å².